The third-order valence-corrected chi connectivity index (χ3v) is 2.35. The summed E-state index contributed by atoms with van der Waals surface area (Å²) < 4.78 is 13.2. The van der Waals surface area contributed by atoms with Crippen LogP contribution in [0.2, 0.25) is 5.02 Å². The van der Waals surface area contributed by atoms with E-state index in [-0.39, 0.29) is 18.4 Å². The van der Waals surface area contributed by atoms with E-state index in [1.54, 1.807) is 6.92 Å². The van der Waals surface area contributed by atoms with E-state index in [9.17, 15) is 9.18 Å². The van der Waals surface area contributed by atoms with Crippen molar-refractivity contribution in [2.45, 2.75) is 13.5 Å². The molecule has 2 amide bonds. The first-order valence-corrected chi connectivity index (χ1v) is 4.82. The van der Waals surface area contributed by atoms with E-state index in [0.29, 0.717) is 16.1 Å². The molecule has 0 atom stereocenters. The number of carbonyl (C=O) groups is 1. The molecule has 1 aromatic rings. The van der Waals surface area contributed by atoms with E-state index >= 15 is 0 Å². The van der Waals surface area contributed by atoms with Crippen molar-refractivity contribution in [3.05, 3.63) is 34.1 Å². The average molecular weight is 231 g/mol. The van der Waals surface area contributed by atoms with Crippen LogP contribution in [-0.2, 0) is 6.54 Å². The molecule has 0 unspecified atom stereocenters. The summed E-state index contributed by atoms with van der Waals surface area (Å²) in [4.78, 5) is 10.9. The normalized spacial score (nSPS) is 9.87. The molecule has 0 saturated carbocycles. The van der Waals surface area contributed by atoms with Crippen LogP contribution in [0.15, 0.2) is 12.1 Å². The number of nitrogens with one attached hydrogen (secondary N) is 2. The lowest BCUT2D eigenvalue weighted by Crippen LogP contribution is -2.32. The zero-order valence-electron chi connectivity index (χ0n) is 8.53. The highest BCUT2D eigenvalue weighted by molar-refractivity contribution is 6.31. The molecule has 15 heavy (non-hydrogen) atoms. The van der Waals surface area contributed by atoms with Crippen LogP contribution in [0, 0.1) is 12.7 Å². The van der Waals surface area contributed by atoms with Gasteiger partial charge in [-0.1, -0.05) is 11.6 Å². The predicted molar refractivity (Wildman–Crippen MR) is 57.4 cm³/mol. The van der Waals surface area contributed by atoms with Gasteiger partial charge in [0.25, 0.3) is 0 Å². The number of urea groups is 1. The summed E-state index contributed by atoms with van der Waals surface area (Å²) in [6.07, 6.45) is 0. The van der Waals surface area contributed by atoms with Crippen LogP contribution in [0.4, 0.5) is 9.18 Å². The van der Waals surface area contributed by atoms with E-state index < -0.39 is 0 Å². The Morgan fingerprint density at radius 1 is 1.53 bits per heavy atom. The van der Waals surface area contributed by atoms with Crippen LogP contribution in [-0.4, -0.2) is 13.1 Å². The smallest absolute Gasteiger partial charge is 0.314 e. The van der Waals surface area contributed by atoms with Crippen LogP contribution >= 0.6 is 11.6 Å². The number of hydrogen-bond acceptors (Lipinski definition) is 1. The largest absolute Gasteiger partial charge is 0.341 e. The van der Waals surface area contributed by atoms with E-state index in [1.807, 2.05) is 0 Å². The molecular formula is C10H12ClFN2O. The molecule has 3 nitrogen and oxygen atoms in total. The van der Waals surface area contributed by atoms with Gasteiger partial charge in [-0.15, -0.1) is 0 Å². The highest BCUT2D eigenvalue weighted by Gasteiger charge is 2.06. The van der Waals surface area contributed by atoms with Crippen molar-refractivity contribution in [2.24, 2.45) is 0 Å². The van der Waals surface area contributed by atoms with E-state index in [4.69, 9.17) is 11.6 Å². The minimum atomic E-state index is -0.327. The molecule has 0 aliphatic rings. The van der Waals surface area contributed by atoms with Gasteiger partial charge in [-0.2, -0.15) is 0 Å². The van der Waals surface area contributed by atoms with Crippen molar-refractivity contribution in [2.75, 3.05) is 7.05 Å². The lowest BCUT2D eigenvalue weighted by molar-refractivity contribution is 0.242. The second-order valence-electron chi connectivity index (χ2n) is 3.13. The number of carbonyl (C=O) groups excluding carboxylic acids is 1. The molecular weight excluding hydrogens is 219 g/mol. The second-order valence-corrected chi connectivity index (χ2v) is 3.53. The maximum absolute atomic E-state index is 13.2. The van der Waals surface area contributed by atoms with Gasteiger partial charge in [0.15, 0.2) is 0 Å². The average Bonchev–Trinajstić information content (AvgIpc) is 2.21. The predicted octanol–water partition coefficient (Wildman–Crippen LogP) is 2.22. The van der Waals surface area contributed by atoms with Gasteiger partial charge in [0.05, 0.1) is 0 Å². The molecule has 0 aliphatic heterocycles. The van der Waals surface area contributed by atoms with Crippen molar-refractivity contribution in [1.29, 1.82) is 0 Å². The number of aryl methyl sites for hydroxylation is 1. The molecule has 0 fully saturated rings. The molecule has 2 N–H and O–H groups in total. The fraction of sp³-hybridized carbons (Fsp3) is 0.300. The van der Waals surface area contributed by atoms with Gasteiger partial charge < -0.3 is 10.6 Å². The maximum Gasteiger partial charge on any atom is 0.314 e. The number of hydrogen-bond donors (Lipinski definition) is 2. The van der Waals surface area contributed by atoms with E-state index in [2.05, 4.69) is 10.6 Å². The van der Waals surface area contributed by atoms with Crippen molar-refractivity contribution in [1.82, 2.24) is 10.6 Å². The van der Waals surface area contributed by atoms with Crippen molar-refractivity contribution in [3.8, 4) is 0 Å². The Bertz CT molecular complexity index is 382. The fourth-order valence-corrected chi connectivity index (χ4v) is 1.37. The summed E-state index contributed by atoms with van der Waals surface area (Å²) in [5.41, 5.74) is 1.05. The Morgan fingerprint density at radius 3 is 2.80 bits per heavy atom. The first-order chi connectivity index (χ1) is 7.04. The van der Waals surface area contributed by atoms with Crippen molar-refractivity contribution < 1.29 is 9.18 Å². The Morgan fingerprint density at radius 2 is 2.20 bits per heavy atom. The first kappa shape index (κ1) is 11.8. The van der Waals surface area contributed by atoms with E-state index in [0.717, 1.165) is 0 Å². The third kappa shape index (κ3) is 3.09. The number of rotatable bonds is 2. The Balaban J connectivity index is 2.77. The van der Waals surface area contributed by atoms with Crippen LogP contribution < -0.4 is 10.6 Å². The van der Waals surface area contributed by atoms with Gasteiger partial charge in [-0.05, 0) is 30.2 Å². The molecule has 1 rings (SSSR count). The summed E-state index contributed by atoms with van der Waals surface area (Å²) >= 11 is 5.89. The number of benzene rings is 1. The van der Waals surface area contributed by atoms with Gasteiger partial charge in [-0.3, -0.25) is 0 Å². The third-order valence-electron chi connectivity index (χ3n) is 1.99. The van der Waals surface area contributed by atoms with Gasteiger partial charge in [0, 0.05) is 18.6 Å². The summed E-state index contributed by atoms with van der Waals surface area (Å²) in [5, 5.41) is 5.38. The minimum absolute atomic E-state index is 0.204. The Hall–Kier alpha value is -1.29. The molecule has 0 heterocycles. The lowest BCUT2D eigenvalue weighted by Gasteiger charge is -2.07. The highest BCUT2D eigenvalue weighted by atomic mass is 35.5. The monoisotopic (exact) mass is 230 g/mol. The molecule has 0 aliphatic carbocycles. The van der Waals surface area contributed by atoms with Gasteiger partial charge >= 0.3 is 6.03 Å². The standard InChI is InChI=1S/C10H12ClFN2O/c1-6-3-8(11)7(4-9(6)12)5-14-10(15)13-2/h3-4H,5H2,1-2H3,(H2,13,14,15). The first-order valence-electron chi connectivity index (χ1n) is 4.44. The van der Waals surface area contributed by atoms with Gasteiger partial charge in [-0.25, -0.2) is 9.18 Å². The maximum atomic E-state index is 13.2. The Kier molecular flexibility index (Phi) is 3.91. The molecule has 0 radical (unpaired) electrons. The fourth-order valence-electron chi connectivity index (χ4n) is 1.09. The van der Waals surface area contributed by atoms with Gasteiger partial charge in [0.1, 0.15) is 5.82 Å². The van der Waals surface area contributed by atoms with Crippen molar-refractivity contribution in [3.63, 3.8) is 0 Å². The van der Waals surface area contributed by atoms with Crippen LogP contribution in [0.25, 0.3) is 0 Å². The number of amides is 2. The summed E-state index contributed by atoms with van der Waals surface area (Å²) in [6, 6.07) is 2.54. The molecule has 0 bridgehead atoms. The summed E-state index contributed by atoms with van der Waals surface area (Å²) in [5.74, 6) is -0.326. The SMILES string of the molecule is CNC(=O)NCc1cc(F)c(C)cc1Cl. The topological polar surface area (TPSA) is 41.1 Å². The molecule has 0 aromatic heterocycles. The minimum Gasteiger partial charge on any atom is -0.341 e. The zero-order valence-corrected chi connectivity index (χ0v) is 9.28. The zero-order chi connectivity index (χ0) is 11.4. The van der Waals surface area contributed by atoms with Crippen LogP contribution in [0.1, 0.15) is 11.1 Å². The quantitative estimate of drug-likeness (QED) is 0.804. The highest BCUT2D eigenvalue weighted by Crippen LogP contribution is 2.20. The number of halogens is 2. The summed E-state index contributed by atoms with van der Waals surface area (Å²) in [7, 11) is 1.51. The second kappa shape index (κ2) is 4.98. The Labute approximate surface area is 92.6 Å². The molecule has 1 aromatic carbocycles. The van der Waals surface area contributed by atoms with E-state index in [1.165, 1.54) is 19.2 Å². The van der Waals surface area contributed by atoms with Gasteiger partial charge in [0.2, 0.25) is 0 Å². The lowest BCUT2D eigenvalue weighted by atomic mass is 10.1. The molecule has 82 valence electrons. The van der Waals surface area contributed by atoms with Crippen LogP contribution in [0.3, 0.4) is 0 Å². The summed E-state index contributed by atoms with van der Waals surface area (Å²) in [6.45, 7) is 1.84. The molecule has 5 heteroatoms. The molecule has 0 saturated heterocycles. The van der Waals surface area contributed by atoms with Crippen LogP contribution in [0.5, 0.6) is 0 Å². The molecule has 0 spiro atoms. The van der Waals surface area contributed by atoms with Crippen molar-refractivity contribution >= 4 is 17.6 Å².